The second kappa shape index (κ2) is 7.85. The van der Waals surface area contributed by atoms with Crippen LogP contribution in [0.3, 0.4) is 0 Å². The van der Waals surface area contributed by atoms with E-state index in [9.17, 15) is 4.79 Å². The molecule has 1 amide bonds. The van der Waals surface area contributed by atoms with E-state index in [0.717, 1.165) is 30.0 Å². The van der Waals surface area contributed by atoms with Crippen LogP contribution in [0.2, 0.25) is 0 Å². The summed E-state index contributed by atoms with van der Waals surface area (Å²) in [6.07, 6.45) is 5.74. The van der Waals surface area contributed by atoms with Gasteiger partial charge < -0.3 is 10.6 Å². The van der Waals surface area contributed by atoms with E-state index in [-0.39, 0.29) is 30.2 Å². The zero-order valence-electron chi connectivity index (χ0n) is 13.2. The van der Waals surface area contributed by atoms with E-state index in [1.54, 1.807) is 4.68 Å². The second-order valence-corrected chi connectivity index (χ2v) is 6.62. The molecular weight excluding hydrogens is 336 g/mol. The number of halogens is 1. The summed E-state index contributed by atoms with van der Waals surface area (Å²) >= 11 is 1.45. The molecule has 23 heavy (non-hydrogen) atoms. The van der Waals surface area contributed by atoms with Gasteiger partial charge in [0.1, 0.15) is 5.01 Å². The summed E-state index contributed by atoms with van der Waals surface area (Å²) in [5, 5.41) is 20.1. The summed E-state index contributed by atoms with van der Waals surface area (Å²) in [6.45, 7) is 3.56. The fourth-order valence-corrected chi connectivity index (χ4v) is 3.60. The van der Waals surface area contributed by atoms with Crippen LogP contribution >= 0.6 is 23.7 Å². The van der Waals surface area contributed by atoms with E-state index in [0.29, 0.717) is 11.7 Å². The molecule has 0 saturated carbocycles. The third-order valence-electron chi connectivity index (χ3n) is 3.86. The third-order valence-corrected chi connectivity index (χ3v) is 4.76. The van der Waals surface area contributed by atoms with Gasteiger partial charge in [-0.15, -0.1) is 22.6 Å². The van der Waals surface area contributed by atoms with Crippen LogP contribution in [0.15, 0.2) is 12.4 Å². The molecule has 2 N–H and O–H groups in total. The normalized spacial score (nSPS) is 20.3. The lowest BCUT2D eigenvalue weighted by molar-refractivity contribution is -0.119. The van der Waals surface area contributed by atoms with Crippen molar-refractivity contribution >= 4 is 34.8 Å². The highest BCUT2D eigenvalue weighted by Crippen LogP contribution is 2.29. The summed E-state index contributed by atoms with van der Waals surface area (Å²) in [4.78, 5) is 12.5. The molecule has 1 saturated heterocycles. The fraction of sp³-hybridized carbons (Fsp3) is 0.571. The largest absolute Gasteiger partial charge is 0.315 e. The van der Waals surface area contributed by atoms with Crippen molar-refractivity contribution in [3.05, 3.63) is 23.0 Å². The average Bonchev–Trinajstić information content (AvgIpc) is 3.19. The van der Waals surface area contributed by atoms with Crippen molar-refractivity contribution in [3.8, 4) is 0 Å². The topological polar surface area (TPSA) is 84.7 Å². The molecule has 9 heteroatoms. The van der Waals surface area contributed by atoms with E-state index >= 15 is 0 Å². The maximum absolute atomic E-state index is 12.5. The first kappa shape index (κ1) is 17.8. The first-order valence-corrected chi connectivity index (χ1v) is 8.31. The van der Waals surface area contributed by atoms with Gasteiger partial charge in [0.25, 0.3) is 0 Å². The summed E-state index contributed by atoms with van der Waals surface area (Å²) in [5.74, 6) is 0.0394. The van der Waals surface area contributed by atoms with Gasteiger partial charge in [-0.25, -0.2) is 0 Å². The molecule has 2 aromatic heterocycles. The van der Waals surface area contributed by atoms with Crippen molar-refractivity contribution in [2.45, 2.75) is 25.7 Å². The summed E-state index contributed by atoms with van der Waals surface area (Å²) in [7, 11) is 1.89. The third kappa shape index (κ3) is 4.07. The van der Waals surface area contributed by atoms with Crippen molar-refractivity contribution in [2.75, 3.05) is 18.4 Å². The molecule has 1 aliphatic rings. The van der Waals surface area contributed by atoms with Crippen molar-refractivity contribution in [2.24, 2.45) is 13.0 Å². The minimum atomic E-state index is -0.109. The van der Waals surface area contributed by atoms with Gasteiger partial charge in [0.05, 0.1) is 12.1 Å². The van der Waals surface area contributed by atoms with Gasteiger partial charge in [-0.05, 0) is 12.0 Å². The summed E-state index contributed by atoms with van der Waals surface area (Å²) in [6, 6.07) is 0. The molecule has 3 rings (SSSR count). The Bertz CT molecular complexity index is 657. The first-order chi connectivity index (χ1) is 10.7. The van der Waals surface area contributed by atoms with Crippen molar-refractivity contribution < 1.29 is 4.79 Å². The number of nitrogens with one attached hydrogen (secondary N) is 2. The molecule has 2 atom stereocenters. The lowest BCUT2D eigenvalue weighted by atomic mass is 9.90. The minimum absolute atomic E-state index is 0. The van der Waals surface area contributed by atoms with Crippen LogP contribution in [-0.4, -0.2) is 39.0 Å². The van der Waals surface area contributed by atoms with Crippen molar-refractivity contribution in [3.63, 3.8) is 0 Å². The van der Waals surface area contributed by atoms with Crippen LogP contribution in [0, 0.1) is 5.92 Å². The molecule has 1 fully saturated rings. The van der Waals surface area contributed by atoms with E-state index in [1.165, 1.54) is 11.3 Å². The predicted molar refractivity (Wildman–Crippen MR) is 92.1 cm³/mol. The summed E-state index contributed by atoms with van der Waals surface area (Å²) < 4.78 is 1.77. The maximum Gasteiger partial charge on any atom is 0.231 e. The van der Waals surface area contributed by atoms with E-state index in [1.807, 2.05) is 19.4 Å². The zero-order chi connectivity index (χ0) is 15.5. The Balaban J connectivity index is 0.00000192. The van der Waals surface area contributed by atoms with Gasteiger partial charge in [-0.2, -0.15) is 5.10 Å². The highest BCUT2D eigenvalue weighted by atomic mass is 35.5. The Morgan fingerprint density at radius 1 is 1.48 bits per heavy atom. The standard InChI is InChI=1S/C14H20N6OS.ClH/c1-3-4-12-18-19-14(22-12)17-13(21)11-7-15-6-10(11)9-5-16-20(2)8-9;/h5,8,10-11,15H,3-4,6-7H2,1-2H3,(H,17,19,21);1H/t10-,11+;/m1./s1. The molecule has 1 aliphatic heterocycles. The van der Waals surface area contributed by atoms with Crippen LogP contribution in [0.5, 0.6) is 0 Å². The van der Waals surface area contributed by atoms with Crippen molar-refractivity contribution in [1.29, 1.82) is 0 Å². The number of anilines is 1. The van der Waals surface area contributed by atoms with Crippen LogP contribution in [0.1, 0.15) is 29.8 Å². The SMILES string of the molecule is CCCc1nnc(NC(=O)[C@H]2CNC[C@@H]2c2cnn(C)c2)s1.Cl. The van der Waals surface area contributed by atoms with Crippen LogP contribution in [0.25, 0.3) is 0 Å². The lowest BCUT2D eigenvalue weighted by Crippen LogP contribution is -2.28. The molecule has 0 spiro atoms. The molecular formula is C14H21ClN6OS. The molecule has 126 valence electrons. The molecule has 0 aromatic carbocycles. The number of amides is 1. The first-order valence-electron chi connectivity index (χ1n) is 7.50. The molecule has 3 heterocycles. The number of carbonyl (C=O) groups excluding carboxylic acids is 1. The van der Waals surface area contributed by atoms with E-state index in [2.05, 4.69) is 32.9 Å². The Kier molecular flexibility index (Phi) is 6.09. The number of hydrogen-bond acceptors (Lipinski definition) is 6. The van der Waals surface area contributed by atoms with Gasteiger partial charge in [-0.1, -0.05) is 18.3 Å². The Morgan fingerprint density at radius 3 is 3.00 bits per heavy atom. The molecule has 2 aromatic rings. The van der Waals surface area contributed by atoms with Gasteiger partial charge >= 0.3 is 0 Å². The number of aromatic nitrogens is 4. The van der Waals surface area contributed by atoms with Crippen LogP contribution < -0.4 is 10.6 Å². The predicted octanol–water partition coefficient (Wildman–Crippen LogP) is 1.59. The molecule has 7 nitrogen and oxygen atoms in total. The Hall–Kier alpha value is -1.51. The molecule has 0 aliphatic carbocycles. The van der Waals surface area contributed by atoms with E-state index < -0.39 is 0 Å². The molecule has 0 unspecified atom stereocenters. The van der Waals surface area contributed by atoms with E-state index in [4.69, 9.17) is 0 Å². The zero-order valence-corrected chi connectivity index (χ0v) is 14.8. The van der Waals surface area contributed by atoms with Gasteiger partial charge in [-0.3, -0.25) is 9.48 Å². The van der Waals surface area contributed by atoms with Crippen LogP contribution in [-0.2, 0) is 18.3 Å². The number of hydrogen-bond donors (Lipinski definition) is 2. The highest BCUT2D eigenvalue weighted by molar-refractivity contribution is 7.15. The lowest BCUT2D eigenvalue weighted by Gasteiger charge is -2.15. The van der Waals surface area contributed by atoms with Crippen molar-refractivity contribution in [1.82, 2.24) is 25.3 Å². The molecule has 0 radical (unpaired) electrons. The van der Waals surface area contributed by atoms with Gasteiger partial charge in [0.15, 0.2) is 0 Å². The minimum Gasteiger partial charge on any atom is -0.315 e. The highest BCUT2D eigenvalue weighted by Gasteiger charge is 2.35. The maximum atomic E-state index is 12.5. The summed E-state index contributed by atoms with van der Waals surface area (Å²) in [5.41, 5.74) is 1.09. The Labute approximate surface area is 145 Å². The van der Waals surface area contributed by atoms with Gasteiger partial charge in [0, 0.05) is 38.7 Å². The number of carbonyl (C=O) groups is 1. The number of nitrogens with zero attached hydrogens (tertiary/aromatic N) is 4. The fourth-order valence-electron chi connectivity index (χ4n) is 2.75. The smallest absolute Gasteiger partial charge is 0.231 e. The number of rotatable bonds is 5. The Morgan fingerprint density at radius 2 is 2.30 bits per heavy atom. The number of aryl methyl sites for hydroxylation is 2. The quantitative estimate of drug-likeness (QED) is 0.849. The average molecular weight is 357 g/mol. The second-order valence-electron chi connectivity index (χ2n) is 5.56. The molecule has 0 bridgehead atoms. The van der Waals surface area contributed by atoms with Gasteiger partial charge in [0.2, 0.25) is 11.0 Å². The van der Waals surface area contributed by atoms with Crippen LogP contribution in [0.4, 0.5) is 5.13 Å². The monoisotopic (exact) mass is 356 g/mol.